The summed E-state index contributed by atoms with van der Waals surface area (Å²) in [5.41, 5.74) is 6.81. The van der Waals surface area contributed by atoms with Crippen molar-refractivity contribution in [3.05, 3.63) is 63.2 Å². The molecular weight excluding hydrogens is 404 g/mol. The fourth-order valence-corrected chi connectivity index (χ4v) is 3.28. The number of rotatable bonds is 6. The highest BCUT2D eigenvalue weighted by atomic mass is 16.6. The molecule has 0 unspecified atom stereocenters. The van der Waals surface area contributed by atoms with Gasteiger partial charge in [0, 0.05) is 24.7 Å². The second kappa shape index (κ2) is 9.90. The van der Waals surface area contributed by atoms with Crippen LogP contribution in [0.25, 0.3) is 0 Å². The Morgan fingerprint density at radius 2 is 1.77 bits per heavy atom. The molecule has 2 amide bonds. The van der Waals surface area contributed by atoms with Gasteiger partial charge in [0.1, 0.15) is 11.4 Å². The Bertz CT molecular complexity index is 968. The normalized spacial score (nSPS) is 13.4. The zero-order valence-corrected chi connectivity index (χ0v) is 17.3. The molecule has 1 fully saturated rings. The van der Waals surface area contributed by atoms with Crippen LogP contribution >= 0.6 is 0 Å². The molecule has 0 saturated carbocycles. The molecule has 3 rings (SSSR count). The van der Waals surface area contributed by atoms with E-state index in [-0.39, 0.29) is 17.9 Å². The van der Waals surface area contributed by atoms with Crippen molar-refractivity contribution in [1.82, 2.24) is 10.9 Å². The van der Waals surface area contributed by atoms with E-state index in [0.717, 1.165) is 11.1 Å². The van der Waals surface area contributed by atoms with Crippen LogP contribution in [0.5, 0.6) is 5.75 Å². The predicted molar refractivity (Wildman–Crippen MR) is 113 cm³/mol. The summed E-state index contributed by atoms with van der Waals surface area (Å²) in [6.45, 7) is 5.57. The number of amides is 2. The fraction of sp³-hybridized carbons (Fsp3) is 0.333. The number of nitro benzene ring substituents is 1. The van der Waals surface area contributed by atoms with E-state index in [0.29, 0.717) is 37.7 Å². The number of nitrogens with zero attached hydrogens (tertiary/aromatic N) is 2. The van der Waals surface area contributed by atoms with Crippen LogP contribution in [-0.2, 0) is 9.53 Å². The molecule has 164 valence electrons. The van der Waals surface area contributed by atoms with Gasteiger partial charge in [0.15, 0.2) is 6.61 Å². The van der Waals surface area contributed by atoms with Crippen LogP contribution in [0, 0.1) is 24.0 Å². The van der Waals surface area contributed by atoms with E-state index in [1.165, 1.54) is 18.2 Å². The second-order valence-corrected chi connectivity index (χ2v) is 7.17. The Labute approximate surface area is 179 Å². The number of benzene rings is 2. The SMILES string of the molecule is Cc1cc(C)cc(OCC(=O)NNC(=O)c2ccc(N3CCOCC3)c([N+](=O)[O-])c2)c1. The minimum Gasteiger partial charge on any atom is -0.484 e. The van der Waals surface area contributed by atoms with Crippen molar-refractivity contribution in [2.24, 2.45) is 0 Å². The quantitative estimate of drug-likeness (QED) is 0.532. The van der Waals surface area contributed by atoms with Gasteiger partial charge < -0.3 is 14.4 Å². The first-order valence-corrected chi connectivity index (χ1v) is 9.75. The van der Waals surface area contributed by atoms with E-state index >= 15 is 0 Å². The van der Waals surface area contributed by atoms with Crippen molar-refractivity contribution in [2.75, 3.05) is 37.8 Å². The third kappa shape index (κ3) is 5.92. The van der Waals surface area contributed by atoms with Crippen LogP contribution in [-0.4, -0.2) is 49.6 Å². The standard InChI is InChI=1S/C21H24N4O6/c1-14-9-15(2)11-17(10-14)31-13-20(26)22-23-21(27)16-3-4-18(19(12-16)25(28)29)24-5-7-30-8-6-24/h3-4,9-12H,5-8,13H2,1-2H3,(H,22,26)(H,23,27). The molecule has 0 atom stereocenters. The first-order valence-electron chi connectivity index (χ1n) is 9.75. The molecule has 0 radical (unpaired) electrons. The lowest BCUT2D eigenvalue weighted by Crippen LogP contribution is -2.43. The molecule has 2 aromatic rings. The molecule has 0 aromatic heterocycles. The number of aryl methyl sites for hydroxylation is 2. The third-order valence-corrected chi connectivity index (χ3v) is 4.67. The predicted octanol–water partition coefficient (Wildman–Crippen LogP) is 1.89. The van der Waals surface area contributed by atoms with Gasteiger partial charge in [-0.25, -0.2) is 0 Å². The third-order valence-electron chi connectivity index (χ3n) is 4.67. The molecular formula is C21H24N4O6. The topological polar surface area (TPSA) is 123 Å². The van der Waals surface area contributed by atoms with E-state index in [2.05, 4.69) is 10.9 Å². The molecule has 0 bridgehead atoms. The smallest absolute Gasteiger partial charge is 0.293 e. The molecule has 1 aliphatic rings. The van der Waals surface area contributed by atoms with Gasteiger partial charge in [0.25, 0.3) is 17.5 Å². The Balaban J connectivity index is 1.58. The largest absolute Gasteiger partial charge is 0.484 e. The molecule has 10 heteroatoms. The van der Waals surface area contributed by atoms with Crippen LogP contribution in [0.4, 0.5) is 11.4 Å². The fourth-order valence-electron chi connectivity index (χ4n) is 3.28. The lowest BCUT2D eigenvalue weighted by Gasteiger charge is -2.28. The lowest BCUT2D eigenvalue weighted by atomic mass is 10.1. The van der Waals surface area contributed by atoms with Gasteiger partial charge in [-0.2, -0.15) is 0 Å². The van der Waals surface area contributed by atoms with Crippen LogP contribution < -0.4 is 20.5 Å². The number of anilines is 1. The molecule has 0 aliphatic carbocycles. The second-order valence-electron chi connectivity index (χ2n) is 7.17. The first kappa shape index (κ1) is 22.0. The molecule has 2 aromatic carbocycles. The molecule has 0 spiro atoms. The van der Waals surface area contributed by atoms with Crippen molar-refractivity contribution in [1.29, 1.82) is 0 Å². The number of nitro groups is 1. The Morgan fingerprint density at radius 3 is 2.42 bits per heavy atom. The highest BCUT2D eigenvalue weighted by Crippen LogP contribution is 2.29. The average molecular weight is 428 g/mol. The van der Waals surface area contributed by atoms with Gasteiger partial charge in [-0.05, 0) is 49.2 Å². The number of carbonyl (C=O) groups is 2. The van der Waals surface area contributed by atoms with Crippen molar-refractivity contribution in [3.8, 4) is 5.75 Å². The van der Waals surface area contributed by atoms with Crippen molar-refractivity contribution < 1.29 is 24.0 Å². The molecule has 1 saturated heterocycles. The maximum atomic E-state index is 12.4. The van der Waals surface area contributed by atoms with Gasteiger partial charge in [-0.15, -0.1) is 0 Å². The maximum Gasteiger partial charge on any atom is 0.293 e. The number of hydrogen-bond donors (Lipinski definition) is 2. The lowest BCUT2D eigenvalue weighted by molar-refractivity contribution is -0.384. The number of hydrogen-bond acceptors (Lipinski definition) is 7. The molecule has 10 nitrogen and oxygen atoms in total. The van der Waals surface area contributed by atoms with E-state index in [1.54, 1.807) is 12.1 Å². The number of ether oxygens (including phenoxy) is 2. The summed E-state index contributed by atoms with van der Waals surface area (Å²) in [6, 6.07) is 9.78. The number of morpholine rings is 1. The summed E-state index contributed by atoms with van der Waals surface area (Å²) in [6.07, 6.45) is 0. The summed E-state index contributed by atoms with van der Waals surface area (Å²) in [5, 5.41) is 11.5. The van der Waals surface area contributed by atoms with E-state index < -0.39 is 16.7 Å². The molecule has 1 heterocycles. The van der Waals surface area contributed by atoms with Crippen molar-refractivity contribution >= 4 is 23.2 Å². The maximum absolute atomic E-state index is 12.4. The van der Waals surface area contributed by atoms with Crippen molar-refractivity contribution in [2.45, 2.75) is 13.8 Å². The van der Waals surface area contributed by atoms with Crippen LogP contribution in [0.3, 0.4) is 0 Å². The number of carbonyl (C=O) groups excluding carboxylic acids is 2. The molecule has 31 heavy (non-hydrogen) atoms. The Morgan fingerprint density at radius 1 is 1.10 bits per heavy atom. The van der Waals surface area contributed by atoms with Gasteiger partial charge in [-0.1, -0.05) is 6.07 Å². The van der Waals surface area contributed by atoms with Crippen LogP contribution in [0.2, 0.25) is 0 Å². The monoisotopic (exact) mass is 428 g/mol. The van der Waals surface area contributed by atoms with Crippen LogP contribution in [0.15, 0.2) is 36.4 Å². The highest BCUT2D eigenvalue weighted by molar-refractivity contribution is 5.96. The first-order chi connectivity index (χ1) is 14.8. The highest BCUT2D eigenvalue weighted by Gasteiger charge is 2.23. The van der Waals surface area contributed by atoms with Crippen molar-refractivity contribution in [3.63, 3.8) is 0 Å². The zero-order chi connectivity index (χ0) is 22.4. The van der Waals surface area contributed by atoms with E-state index in [4.69, 9.17) is 9.47 Å². The van der Waals surface area contributed by atoms with E-state index in [9.17, 15) is 19.7 Å². The molecule has 1 aliphatic heterocycles. The zero-order valence-electron chi connectivity index (χ0n) is 17.3. The summed E-state index contributed by atoms with van der Waals surface area (Å²) < 4.78 is 10.7. The minimum absolute atomic E-state index is 0.0548. The number of nitrogens with one attached hydrogen (secondary N) is 2. The summed E-state index contributed by atoms with van der Waals surface area (Å²) in [4.78, 5) is 37.1. The summed E-state index contributed by atoms with van der Waals surface area (Å²) in [7, 11) is 0. The molecule has 2 N–H and O–H groups in total. The van der Waals surface area contributed by atoms with Crippen LogP contribution in [0.1, 0.15) is 21.5 Å². The summed E-state index contributed by atoms with van der Waals surface area (Å²) >= 11 is 0. The minimum atomic E-state index is -0.670. The average Bonchev–Trinajstić information content (AvgIpc) is 2.75. The van der Waals surface area contributed by atoms with Gasteiger partial charge >= 0.3 is 0 Å². The van der Waals surface area contributed by atoms with Gasteiger partial charge in [0.2, 0.25) is 0 Å². The number of hydrazine groups is 1. The van der Waals surface area contributed by atoms with Gasteiger partial charge in [0.05, 0.1) is 18.1 Å². The van der Waals surface area contributed by atoms with E-state index in [1.807, 2.05) is 24.8 Å². The Kier molecular flexibility index (Phi) is 7.03. The summed E-state index contributed by atoms with van der Waals surface area (Å²) in [5.74, 6) is -0.684. The Hall–Kier alpha value is -3.66. The van der Waals surface area contributed by atoms with Gasteiger partial charge in [-0.3, -0.25) is 30.6 Å².